The minimum absolute atomic E-state index is 0.00375. The molecule has 3 aromatic rings. The maximum Gasteiger partial charge on any atom is 0.387 e. The van der Waals surface area contributed by atoms with Crippen LogP contribution in [0.25, 0.3) is 0 Å². The van der Waals surface area contributed by atoms with Crippen molar-refractivity contribution in [3.63, 3.8) is 0 Å². The number of nitrogens with one attached hydrogen (secondary N) is 1. The van der Waals surface area contributed by atoms with E-state index in [1.165, 1.54) is 18.2 Å². The first-order valence-corrected chi connectivity index (χ1v) is 15.0. The summed E-state index contributed by atoms with van der Waals surface area (Å²) in [5.74, 6) is -1.27. The topological polar surface area (TPSA) is 150 Å². The third kappa shape index (κ3) is 14.5. The monoisotopic (exact) mass is 724 g/mol. The van der Waals surface area contributed by atoms with Gasteiger partial charge < -0.3 is 40.2 Å². The second-order valence-electron chi connectivity index (χ2n) is 9.93. The van der Waals surface area contributed by atoms with E-state index in [9.17, 15) is 41.0 Å². The minimum Gasteiger partial charge on any atom is -0.435 e. The number of amides is 1. The van der Waals surface area contributed by atoms with Crippen LogP contribution in [0, 0.1) is 0 Å². The fraction of sp³-hybridized carbons (Fsp3) is 0.375. The standard InChI is InChI=1S/C12H13ClF2O3.C11H11F2NO3.C9H11F2NO2/c13-6-9(17)5-8(7-16)10-3-1-2-4-11(10)18-12(14)15;12-11(13)17-9-4-2-1-3-7(9)8-5-16-6-10(15)14-8;10-9(11)14-8-4-2-1-3-6(8)7(12)5-13/h1-4,8,12,16H,5-7H2;1-4,8,11H,5-6H2,(H,14,15);1-4,7,9,13H,5,12H2/t2*8-;7-/m111/s1. The van der Waals surface area contributed by atoms with Crippen LogP contribution in [0.15, 0.2) is 72.8 Å². The maximum absolute atomic E-state index is 12.2. The third-order valence-electron chi connectivity index (χ3n) is 6.51. The smallest absolute Gasteiger partial charge is 0.387 e. The molecule has 3 atom stereocenters. The van der Waals surface area contributed by atoms with E-state index in [0.29, 0.717) is 16.7 Å². The van der Waals surface area contributed by atoms with Crippen LogP contribution >= 0.6 is 11.6 Å². The lowest BCUT2D eigenvalue weighted by molar-refractivity contribution is -0.131. The molecule has 5 N–H and O–H groups in total. The predicted octanol–water partition coefficient (Wildman–Crippen LogP) is 5.32. The molecule has 1 aliphatic rings. The van der Waals surface area contributed by atoms with E-state index >= 15 is 0 Å². The Balaban J connectivity index is 0.000000257. The number of carbonyl (C=O) groups excluding carboxylic acids is 2. The van der Waals surface area contributed by atoms with Crippen LogP contribution in [-0.4, -0.2) is 74.0 Å². The zero-order valence-electron chi connectivity index (χ0n) is 25.7. The van der Waals surface area contributed by atoms with Crippen LogP contribution in [0.5, 0.6) is 17.2 Å². The van der Waals surface area contributed by atoms with Crippen molar-refractivity contribution in [1.29, 1.82) is 0 Å². The van der Waals surface area contributed by atoms with Crippen molar-refractivity contribution < 1.29 is 65.1 Å². The van der Waals surface area contributed by atoms with Crippen LogP contribution in [0.3, 0.4) is 0 Å². The van der Waals surface area contributed by atoms with Crippen LogP contribution in [0.1, 0.15) is 41.1 Å². The number of morpholine rings is 1. The number of ether oxygens (including phenoxy) is 4. The number of halogens is 7. The molecule has 17 heteroatoms. The summed E-state index contributed by atoms with van der Waals surface area (Å²) in [6.45, 7) is -9.15. The van der Waals surface area contributed by atoms with Gasteiger partial charge in [-0.15, -0.1) is 11.6 Å². The molecule has 0 spiro atoms. The molecule has 0 aliphatic carbocycles. The molecule has 0 aromatic heterocycles. The van der Waals surface area contributed by atoms with Crippen molar-refractivity contribution in [1.82, 2.24) is 5.32 Å². The van der Waals surface area contributed by atoms with E-state index in [1.54, 1.807) is 54.6 Å². The molecule has 1 aliphatic heterocycles. The van der Waals surface area contributed by atoms with Gasteiger partial charge >= 0.3 is 19.8 Å². The molecule has 1 saturated heterocycles. The first kappa shape index (κ1) is 41.1. The minimum atomic E-state index is -2.95. The normalized spacial score (nSPS) is 15.3. The number of aliphatic hydroxyl groups excluding tert-OH is 2. The summed E-state index contributed by atoms with van der Waals surface area (Å²) in [5, 5.41) is 20.7. The molecule has 1 fully saturated rings. The molecule has 0 saturated carbocycles. The van der Waals surface area contributed by atoms with E-state index in [-0.39, 0.29) is 67.7 Å². The number of para-hydroxylation sites is 3. The Kier molecular flexibility index (Phi) is 18.3. The third-order valence-corrected chi connectivity index (χ3v) is 6.81. The largest absolute Gasteiger partial charge is 0.435 e. The SMILES string of the molecule is N[C@H](CO)c1ccccc1OC(F)F.O=C(CCl)C[C@H](CO)c1ccccc1OC(F)F.O=C1COC[C@H](c2ccccc2OC(F)F)N1. The van der Waals surface area contributed by atoms with E-state index in [0.717, 1.165) is 0 Å². The molecule has 0 unspecified atom stereocenters. The Morgan fingerprint density at radius 2 is 1.31 bits per heavy atom. The number of hydrogen-bond acceptors (Lipinski definition) is 9. The number of carbonyl (C=O) groups is 2. The summed E-state index contributed by atoms with van der Waals surface area (Å²) in [6, 6.07) is 17.4. The summed E-state index contributed by atoms with van der Waals surface area (Å²) in [5.41, 5.74) is 6.73. The fourth-order valence-corrected chi connectivity index (χ4v) is 4.51. The number of hydrogen-bond donors (Lipinski definition) is 4. The Hall–Kier alpha value is -4.09. The summed E-state index contributed by atoms with van der Waals surface area (Å²) in [7, 11) is 0. The van der Waals surface area contributed by atoms with Crippen molar-refractivity contribution >= 4 is 23.3 Å². The number of alkyl halides is 7. The quantitative estimate of drug-likeness (QED) is 0.128. The molecule has 0 radical (unpaired) electrons. The first-order chi connectivity index (χ1) is 23.4. The van der Waals surface area contributed by atoms with Crippen molar-refractivity contribution in [2.75, 3.05) is 32.3 Å². The van der Waals surface area contributed by atoms with Gasteiger partial charge in [0.1, 0.15) is 29.6 Å². The van der Waals surface area contributed by atoms with E-state index in [2.05, 4.69) is 19.5 Å². The predicted molar refractivity (Wildman–Crippen MR) is 165 cm³/mol. The van der Waals surface area contributed by atoms with Crippen molar-refractivity contribution in [2.24, 2.45) is 5.73 Å². The lowest BCUT2D eigenvalue weighted by atomic mass is 9.94. The molecule has 270 valence electrons. The molecule has 3 aromatic carbocycles. The number of benzene rings is 3. The van der Waals surface area contributed by atoms with Gasteiger partial charge in [0.05, 0.1) is 37.8 Å². The van der Waals surface area contributed by atoms with Gasteiger partial charge in [0.15, 0.2) is 0 Å². The fourth-order valence-electron chi connectivity index (χ4n) is 4.40. The number of Topliss-reactive ketones (excluding diaryl/α,β-unsaturated/α-hetero) is 1. The molecule has 4 rings (SSSR count). The molecule has 10 nitrogen and oxygen atoms in total. The maximum atomic E-state index is 12.2. The number of aliphatic hydroxyl groups is 2. The van der Waals surface area contributed by atoms with Crippen molar-refractivity contribution in [3.8, 4) is 17.2 Å². The Labute approximate surface area is 282 Å². The average Bonchev–Trinajstić information content (AvgIpc) is 3.07. The lowest BCUT2D eigenvalue weighted by Gasteiger charge is -2.25. The molecular weight excluding hydrogens is 690 g/mol. The lowest BCUT2D eigenvalue weighted by Crippen LogP contribution is -2.39. The molecule has 1 heterocycles. The van der Waals surface area contributed by atoms with Crippen LogP contribution < -0.4 is 25.3 Å². The molecule has 1 amide bonds. The Morgan fingerprint density at radius 3 is 1.82 bits per heavy atom. The summed E-state index contributed by atoms with van der Waals surface area (Å²) in [6.07, 6.45) is -0.0103. The molecule has 49 heavy (non-hydrogen) atoms. The zero-order chi connectivity index (χ0) is 36.3. The van der Waals surface area contributed by atoms with E-state index < -0.39 is 37.8 Å². The summed E-state index contributed by atoms with van der Waals surface area (Å²) in [4.78, 5) is 22.4. The van der Waals surface area contributed by atoms with Gasteiger partial charge in [-0.05, 0) is 18.2 Å². The first-order valence-electron chi connectivity index (χ1n) is 14.4. The molecular formula is C32H35ClF6N2O8. The Bertz CT molecular complexity index is 1440. The average molecular weight is 725 g/mol. The van der Waals surface area contributed by atoms with Gasteiger partial charge in [-0.2, -0.15) is 26.3 Å². The highest BCUT2D eigenvalue weighted by Crippen LogP contribution is 2.31. The van der Waals surface area contributed by atoms with Crippen LogP contribution in [0.2, 0.25) is 0 Å². The van der Waals surface area contributed by atoms with Gasteiger partial charge in [0, 0.05) is 29.0 Å². The Morgan fingerprint density at radius 1 is 0.816 bits per heavy atom. The van der Waals surface area contributed by atoms with Gasteiger partial charge in [-0.3, -0.25) is 9.59 Å². The highest BCUT2D eigenvalue weighted by atomic mass is 35.5. The summed E-state index contributed by atoms with van der Waals surface area (Å²) >= 11 is 5.38. The van der Waals surface area contributed by atoms with Crippen molar-refractivity contribution in [3.05, 3.63) is 89.5 Å². The van der Waals surface area contributed by atoms with E-state index in [1.807, 2.05) is 0 Å². The van der Waals surface area contributed by atoms with Crippen molar-refractivity contribution in [2.45, 2.75) is 44.3 Å². The molecule has 0 bridgehead atoms. The second-order valence-corrected chi connectivity index (χ2v) is 10.2. The number of ketones is 1. The highest BCUT2D eigenvalue weighted by molar-refractivity contribution is 6.27. The van der Waals surface area contributed by atoms with Gasteiger partial charge in [-0.1, -0.05) is 54.6 Å². The van der Waals surface area contributed by atoms with Gasteiger partial charge in [0.2, 0.25) is 5.91 Å². The number of rotatable bonds is 14. The van der Waals surface area contributed by atoms with Crippen LogP contribution in [0.4, 0.5) is 26.3 Å². The van der Waals surface area contributed by atoms with Gasteiger partial charge in [-0.25, -0.2) is 0 Å². The zero-order valence-corrected chi connectivity index (χ0v) is 26.5. The van der Waals surface area contributed by atoms with E-state index in [4.69, 9.17) is 27.2 Å². The highest BCUT2D eigenvalue weighted by Gasteiger charge is 2.24. The van der Waals surface area contributed by atoms with Crippen LogP contribution in [-0.2, 0) is 14.3 Å². The summed E-state index contributed by atoms with van der Waals surface area (Å²) < 4.78 is 90.8. The van der Waals surface area contributed by atoms with Gasteiger partial charge in [0.25, 0.3) is 0 Å². The number of nitrogens with two attached hydrogens (primary N) is 1. The second kappa shape index (κ2) is 21.8.